The van der Waals surface area contributed by atoms with E-state index in [1.165, 1.54) is 16.7 Å². The first-order valence-electron chi connectivity index (χ1n) is 10.2. The van der Waals surface area contributed by atoms with Crippen LogP contribution >= 0.6 is 11.8 Å². The van der Waals surface area contributed by atoms with Crippen molar-refractivity contribution in [3.05, 3.63) is 35.9 Å². The van der Waals surface area contributed by atoms with Crippen molar-refractivity contribution >= 4 is 29.7 Å². The zero-order valence-corrected chi connectivity index (χ0v) is 17.9. The lowest BCUT2D eigenvalue weighted by molar-refractivity contribution is -0.148. The van der Waals surface area contributed by atoms with E-state index < -0.39 is 30.3 Å². The van der Waals surface area contributed by atoms with Crippen molar-refractivity contribution in [2.24, 2.45) is 0 Å². The fourth-order valence-electron chi connectivity index (χ4n) is 3.77. The third kappa shape index (κ3) is 5.46. The van der Waals surface area contributed by atoms with Crippen molar-refractivity contribution in [3.63, 3.8) is 0 Å². The first-order chi connectivity index (χ1) is 14.5. The molecule has 3 unspecified atom stereocenters. The zero-order valence-electron chi connectivity index (χ0n) is 17.1. The molecule has 2 heterocycles. The average molecular weight is 437 g/mol. The molecule has 0 saturated carbocycles. The Bertz CT molecular complexity index is 746. The number of benzene rings is 1. The van der Waals surface area contributed by atoms with E-state index in [0.717, 1.165) is 5.56 Å². The van der Waals surface area contributed by atoms with Crippen LogP contribution in [-0.4, -0.2) is 75.8 Å². The van der Waals surface area contributed by atoms with Gasteiger partial charge in [0, 0.05) is 12.3 Å². The Hall–Kier alpha value is -2.26. The van der Waals surface area contributed by atoms with Crippen molar-refractivity contribution in [3.8, 4) is 0 Å². The molecule has 8 nitrogen and oxygen atoms in total. The van der Waals surface area contributed by atoms with Gasteiger partial charge >= 0.3 is 12.1 Å². The minimum atomic E-state index is -0.997. The molecule has 0 aliphatic carbocycles. The lowest BCUT2D eigenvalue weighted by Crippen LogP contribution is -2.52. The van der Waals surface area contributed by atoms with Crippen LogP contribution in [0.1, 0.15) is 31.7 Å². The van der Waals surface area contributed by atoms with Crippen molar-refractivity contribution in [1.29, 1.82) is 0 Å². The minimum absolute atomic E-state index is 0.150. The summed E-state index contributed by atoms with van der Waals surface area (Å²) in [6, 6.07) is 8.30. The third-order valence-electron chi connectivity index (χ3n) is 5.31. The van der Waals surface area contributed by atoms with Gasteiger partial charge in [-0.1, -0.05) is 30.3 Å². The van der Waals surface area contributed by atoms with Gasteiger partial charge in [-0.3, -0.25) is 14.5 Å². The van der Waals surface area contributed by atoms with E-state index in [-0.39, 0.29) is 25.5 Å². The number of hydrogen-bond acceptors (Lipinski definition) is 7. The molecule has 0 bridgehead atoms. The summed E-state index contributed by atoms with van der Waals surface area (Å²) in [6.07, 6.45) is -0.390. The number of esters is 1. The number of nitrogens with zero attached hydrogens (tertiary/aromatic N) is 2. The summed E-state index contributed by atoms with van der Waals surface area (Å²) in [5.41, 5.74) is 0.881. The number of amides is 2. The number of carbonyl (C=O) groups excluding carboxylic acids is 3. The van der Waals surface area contributed by atoms with Crippen LogP contribution in [0.2, 0.25) is 0 Å². The van der Waals surface area contributed by atoms with E-state index in [2.05, 4.69) is 0 Å². The molecular weight excluding hydrogens is 408 g/mol. The van der Waals surface area contributed by atoms with E-state index in [9.17, 15) is 19.5 Å². The summed E-state index contributed by atoms with van der Waals surface area (Å²) in [6.45, 7) is 2.56. The number of aliphatic hydroxyl groups excluding tert-OH is 1. The SMILES string of the molecule is CCOC(=O)CC(O)C1CSCN1C(=O)C1CCCN1C(=O)OCc1ccccc1. The molecular formula is C21H28N2O6S. The maximum absolute atomic E-state index is 13.2. The second-order valence-corrected chi connectivity index (χ2v) is 8.34. The highest BCUT2D eigenvalue weighted by molar-refractivity contribution is 7.99. The van der Waals surface area contributed by atoms with E-state index in [1.54, 1.807) is 11.8 Å². The van der Waals surface area contributed by atoms with Crippen LogP contribution in [0.5, 0.6) is 0 Å². The predicted octanol–water partition coefficient (Wildman–Crippen LogP) is 2.00. The molecule has 30 heavy (non-hydrogen) atoms. The average Bonchev–Trinajstić information content (AvgIpc) is 3.42. The number of thioether (sulfide) groups is 1. The van der Waals surface area contributed by atoms with Crippen LogP contribution in [-0.2, 0) is 25.7 Å². The monoisotopic (exact) mass is 436 g/mol. The fourth-order valence-corrected chi connectivity index (χ4v) is 5.03. The van der Waals surface area contributed by atoms with Gasteiger partial charge in [-0.05, 0) is 25.3 Å². The molecule has 1 N–H and O–H groups in total. The molecule has 2 amide bonds. The van der Waals surface area contributed by atoms with E-state index in [1.807, 2.05) is 30.3 Å². The topological polar surface area (TPSA) is 96.4 Å². The Balaban J connectivity index is 1.59. The van der Waals surface area contributed by atoms with Gasteiger partial charge in [-0.2, -0.15) is 0 Å². The Kier molecular flexibility index (Phi) is 7.98. The van der Waals surface area contributed by atoms with E-state index in [4.69, 9.17) is 9.47 Å². The summed E-state index contributed by atoms with van der Waals surface area (Å²) in [5.74, 6) is 0.271. The Morgan fingerprint density at radius 1 is 1.20 bits per heavy atom. The highest BCUT2D eigenvalue weighted by Crippen LogP contribution is 2.29. The van der Waals surface area contributed by atoms with Gasteiger partial charge in [0.05, 0.1) is 31.1 Å². The normalized spacial score (nSPS) is 22.1. The van der Waals surface area contributed by atoms with Gasteiger partial charge in [-0.15, -0.1) is 11.8 Å². The minimum Gasteiger partial charge on any atom is -0.466 e. The molecule has 0 spiro atoms. The molecule has 0 aromatic heterocycles. The van der Waals surface area contributed by atoms with Gasteiger partial charge in [0.1, 0.15) is 12.6 Å². The van der Waals surface area contributed by atoms with Gasteiger partial charge < -0.3 is 19.5 Å². The Labute approximate surface area is 180 Å². The number of hydrogen-bond donors (Lipinski definition) is 1. The smallest absolute Gasteiger partial charge is 0.410 e. The maximum Gasteiger partial charge on any atom is 0.410 e. The number of ether oxygens (including phenoxy) is 2. The van der Waals surface area contributed by atoms with Crippen LogP contribution in [0.3, 0.4) is 0 Å². The quantitative estimate of drug-likeness (QED) is 0.653. The third-order valence-corrected chi connectivity index (χ3v) is 6.34. The van der Waals surface area contributed by atoms with Crippen molar-refractivity contribution in [2.45, 2.75) is 51.0 Å². The second kappa shape index (κ2) is 10.7. The summed E-state index contributed by atoms with van der Waals surface area (Å²) in [4.78, 5) is 40.6. The summed E-state index contributed by atoms with van der Waals surface area (Å²) in [7, 11) is 0. The first kappa shape index (κ1) is 22.4. The standard InChI is InChI=1S/C21H28N2O6S/c1-2-28-19(25)11-18(24)17-13-30-14-23(17)20(26)16-9-6-10-22(16)21(27)29-12-15-7-4-3-5-8-15/h3-5,7-8,16-18,24H,2,6,9-14H2,1H3. The molecule has 2 fully saturated rings. The number of likely N-dealkylation sites (tertiary alicyclic amines) is 1. The summed E-state index contributed by atoms with van der Waals surface area (Å²) in [5, 5.41) is 10.5. The van der Waals surface area contributed by atoms with Gasteiger partial charge in [-0.25, -0.2) is 4.79 Å². The second-order valence-electron chi connectivity index (χ2n) is 7.34. The van der Waals surface area contributed by atoms with Crippen LogP contribution in [0.25, 0.3) is 0 Å². The molecule has 2 aliphatic heterocycles. The summed E-state index contributed by atoms with van der Waals surface area (Å²) < 4.78 is 10.3. The highest BCUT2D eigenvalue weighted by Gasteiger charge is 2.43. The molecule has 1 aromatic rings. The first-order valence-corrected chi connectivity index (χ1v) is 11.4. The van der Waals surface area contributed by atoms with Crippen LogP contribution in [0.4, 0.5) is 4.79 Å². The van der Waals surface area contributed by atoms with Crippen molar-refractivity contribution in [1.82, 2.24) is 9.80 Å². The van der Waals surface area contributed by atoms with Crippen molar-refractivity contribution in [2.75, 3.05) is 24.8 Å². The van der Waals surface area contributed by atoms with Gasteiger partial charge in [0.25, 0.3) is 0 Å². The van der Waals surface area contributed by atoms with Crippen LogP contribution < -0.4 is 0 Å². The largest absolute Gasteiger partial charge is 0.466 e. The molecule has 1 aromatic carbocycles. The van der Waals surface area contributed by atoms with E-state index >= 15 is 0 Å². The number of aliphatic hydroxyl groups is 1. The number of rotatable bonds is 7. The Morgan fingerprint density at radius 2 is 1.97 bits per heavy atom. The lowest BCUT2D eigenvalue weighted by Gasteiger charge is -2.32. The molecule has 0 radical (unpaired) electrons. The molecule has 3 atom stereocenters. The molecule has 164 valence electrons. The maximum atomic E-state index is 13.2. The molecule has 3 rings (SSSR count). The molecule has 2 aliphatic rings. The van der Waals surface area contributed by atoms with Crippen LogP contribution in [0.15, 0.2) is 30.3 Å². The van der Waals surface area contributed by atoms with Gasteiger partial charge in [0.15, 0.2) is 0 Å². The summed E-state index contributed by atoms with van der Waals surface area (Å²) >= 11 is 1.52. The fraction of sp³-hybridized carbons (Fsp3) is 0.571. The molecule has 2 saturated heterocycles. The lowest BCUT2D eigenvalue weighted by atomic mass is 10.1. The Morgan fingerprint density at radius 3 is 2.70 bits per heavy atom. The van der Waals surface area contributed by atoms with E-state index in [0.29, 0.717) is 31.0 Å². The zero-order chi connectivity index (χ0) is 21.5. The van der Waals surface area contributed by atoms with Crippen molar-refractivity contribution < 1.29 is 29.0 Å². The predicted molar refractivity (Wildman–Crippen MR) is 112 cm³/mol. The van der Waals surface area contributed by atoms with Gasteiger partial charge in [0.2, 0.25) is 5.91 Å². The highest BCUT2D eigenvalue weighted by atomic mass is 32.2. The van der Waals surface area contributed by atoms with Crippen LogP contribution in [0, 0.1) is 0 Å². The number of carbonyl (C=O) groups is 3. The molecule has 9 heteroatoms.